The Morgan fingerprint density at radius 3 is 2.71 bits per heavy atom. The van der Waals surface area contributed by atoms with Gasteiger partial charge in [0.1, 0.15) is 0 Å². The number of amides is 1. The molecule has 82 valence electrons. The fourth-order valence-corrected chi connectivity index (χ4v) is 0.974. The summed E-state index contributed by atoms with van der Waals surface area (Å²) < 4.78 is 0. The average Bonchev–Trinajstić information content (AvgIpc) is 2.12. The molecule has 3 nitrogen and oxygen atoms in total. The molecule has 0 rings (SSSR count). The second-order valence-corrected chi connectivity index (χ2v) is 3.64. The number of hydrogen-bond donors (Lipinski definition) is 1. The van der Waals surface area contributed by atoms with E-state index in [1.165, 1.54) is 6.42 Å². The summed E-state index contributed by atoms with van der Waals surface area (Å²) in [6, 6.07) is 0. The molecule has 0 bridgehead atoms. The van der Waals surface area contributed by atoms with E-state index < -0.39 is 0 Å². The zero-order valence-corrected chi connectivity index (χ0v) is 9.55. The van der Waals surface area contributed by atoms with Gasteiger partial charge in [-0.15, -0.1) is 0 Å². The van der Waals surface area contributed by atoms with Crippen LogP contribution in [0.25, 0.3) is 0 Å². The van der Waals surface area contributed by atoms with Crippen LogP contribution in [0.5, 0.6) is 0 Å². The Labute approximate surface area is 87.2 Å². The standard InChI is InChI=1S/C11H22N2O/c1-4-5-6-7-8-11(14)12-9-10-13(2)3/h7-8H,4-6,9-10H2,1-3H3,(H,12,14)/b8-7+. The first kappa shape index (κ1) is 13.2. The van der Waals surface area contributed by atoms with Crippen LogP contribution >= 0.6 is 0 Å². The first-order valence-corrected chi connectivity index (χ1v) is 5.26. The number of carbonyl (C=O) groups excluding carboxylic acids is 1. The van der Waals surface area contributed by atoms with Gasteiger partial charge in [-0.25, -0.2) is 0 Å². The highest BCUT2D eigenvalue weighted by Gasteiger charge is 1.94. The maximum absolute atomic E-state index is 11.2. The van der Waals surface area contributed by atoms with Gasteiger partial charge in [-0.05, 0) is 26.6 Å². The van der Waals surface area contributed by atoms with E-state index in [1.807, 2.05) is 25.1 Å². The second-order valence-electron chi connectivity index (χ2n) is 3.64. The van der Waals surface area contributed by atoms with E-state index in [0.29, 0.717) is 6.54 Å². The molecule has 0 aromatic rings. The molecule has 0 atom stereocenters. The maximum Gasteiger partial charge on any atom is 0.243 e. The number of likely N-dealkylation sites (N-methyl/N-ethyl adjacent to an activating group) is 1. The molecule has 0 unspecified atom stereocenters. The molecule has 0 aliphatic carbocycles. The lowest BCUT2D eigenvalue weighted by atomic mass is 10.2. The Morgan fingerprint density at radius 1 is 1.43 bits per heavy atom. The highest BCUT2D eigenvalue weighted by molar-refractivity contribution is 5.87. The van der Waals surface area contributed by atoms with Gasteiger partial charge in [0.2, 0.25) is 5.91 Å². The summed E-state index contributed by atoms with van der Waals surface area (Å²) in [4.78, 5) is 13.2. The fraction of sp³-hybridized carbons (Fsp3) is 0.727. The van der Waals surface area contributed by atoms with Crippen molar-refractivity contribution < 1.29 is 4.79 Å². The van der Waals surface area contributed by atoms with Gasteiger partial charge in [-0.2, -0.15) is 0 Å². The number of rotatable bonds is 7. The van der Waals surface area contributed by atoms with Crippen LogP contribution in [0.4, 0.5) is 0 Å². The van der Waals surface area contributed by atoms with Crippen molar-refractivity contribution in [2.75, 3.05) is 27.2 Å². The molecule has 3 heteroatoms. The first-order valence-electron chi connectivity index (χ1n) is 5.26. The van der Waals surface area contributed by atoms with Crippen molar-refractivity contribution in [1.29, 1.82) is 0 Å². The minimum absolute atomic E-state index is 0.0166. The average molecular weight is 198 g/mol. The SMILES string of the molecule is CCCC/C=C/C(=O)NCCN(C)C. The van der Waals surface area contributed by atoms with Crippen molar-refractivity contribution >= 4 is 5.91 Å². The molecule has 14 heavy (non-hydrogen) atoms. The molecule has 1 amide bonds. The molecule has 0 aliphatic heterocycles. The van der Waals surface area contributed by atoms with Crippen molar-refractivity contribution in [2.24, 2.45) is 0 Å². The van der Waals surface area contributed by atoms with Crippen molar-refractivity contribution in [3.05, 3.63) is 12.2 Å². The lowest BCUT2D eigenvalue weighted by Gasteiger charge is -2.08. The van der Waals surface area contributed by atoms with E-state index >= 15 is 0 Å². The van der Waals surface area contributed by atoms with Crippen molar-refractivity contribution in [3.63, 3.8) is 0 Å². The molecule has 0 fully saturated rings. The lowest BCUT2D eigenvalue weighted by Crippen LogP contribution is -2.30. The largest absolute Gasteiger partial charge is 0.351 e. The molecule has 0 aromatic carbocycles. The Morgan fingerprint density at radius 2 is 2.14 bits per heavy atom. The number of nitrogens with zero attached hydrogens (tertiary/aromatic N) is 1. The fourth-order valence-electron chi connectivity index (χ4n) is 0.974. The van der Waals surface area contributed by atoms with E-state index in [2.05, 4.69) is 12.2 Å². The molecule has 0 radical (unpaired) electrons. The Kier molecular flexibility index (Phi) is 8.24. The van der Waals surface area contributed by atoms with Gasteiger partial charge in [0.25, 0.3) is 0 Å². The minimum Gasteiger partial charge on any atom is -0.351 e. The van der Waals surface area contributed by atoms with E-state index in [-0.39, 0.29) is 5.91 Å². The summed E-state index contributed by atoms with van der Waals surface area (Å²) in [6.07, 6.45) is 6.89. The van der Waals surface area contributed by atoms with Gasteiger partial charge >= 0.3 is 0 Å². The molecule has 0 aromatic heterocycles. The normalized spacial score (nSPS) is 11.1. The predicted molar refractivity (Wildman–Crippen MR) is 60.2 cm³/mol. The van der Waals surface area contributed by atoms with E-state index in [9.17, 15) is 4.79 Å². The topological polar surface area (TPSA) is 32.3 Å². The van der Waals surface area contributed by atoms with Gasteiger partial charge in [0.05, 0.1) is 0 Å². The number of carbonyl (C=O) groups is 1. The van der Waals surface area contributed by atoms with Crippen LogP contribution in [0.3, 0.4) is 0 Å². The van der Waals surface area contributed by atoms with Gasteiger partial charge in [-0.1, -0.05) is 25.8 Å². The summed E-state index contributed by atoms with van der Waals surface area (Å²) >= 11 is 0. The first-order chi connectivity index (χ1) is 6.66. The highest BCUT2D eigenvalue weighted by atomic mass is 16.1. The number of nitrogens with one attached hydrogen (secondary N) is 1. The summed E-state index contributed by atoms with van der Waals surface area (Å²) in [5, 5.41) is 2.82. The van der Waals surface area contributed by atoms with Crippen LogP contribution < -0.4 is 5.32 Å². The van der Waals surface area contributed by atoms with Crippen molar-refractivity contribution in [2.45, 2.75) is 26.2 Å². The molecule has 0 aliphatic rings. The number of allylic oxidation sites excluding steroid dienone is 1. The van der Waals surface area contributed by atoms with Crippen LogP contribution in [0, 0.1) is 0 Å². The van der Waals surface area contributed by atoms with E-state index in [1.54, 1.807) is 6.08 Å². The third kappa shape index (κ3) is 9.26. The third-order valence-corrected chi connectivity index (χ3v) is 1.85. The van der Waals surface area contributed by atoms with Crippen molar-refractivity contribution in [3.8, 4) is 0 Å². The molecule has 0 saturated carbocycles. The summed E-state index contributed by atoms with van der Waals surface area (Å²) in [6.45, 7) is 3.74. The predicted octanol–water partition coefficient (Wildman–Crippen LogP) is 1.41. The summed E-state index contributed by atoms with van der Waals surface area (Å²) in [5.74, 6) is 0.0166. The van der Waals surface area contributed by atoms with E-state index in [0.717, 1.165) is 19.4 Å². The highest BCUT2D eigenvalue weighted by Crippen LogP contribution is 1.94. The van der Waals surface area contributed by atoms with Gasteiger partial charge in [0, 0.05) is 13.1 Å². The van der Waals surface area contributed by atoms with Gasteiger partial charge in [0.15, 0.2) is 0 Å². The monoisotopic (exact) mass is 198 g/mol. The van der Waals surface area contributed by atoms with Crippen LogP contribution in [0.2, 0.25) is 0 Å². The number of unbranched alkanes of at least 4 members (excludes halogenated alkanes) is 2. The molecule has 0 saturated heterocycles. The number of hydrogen-bond acceptors (Lipinski definition) is 2. The zero-order chi connectivity index (χ0) is 10.8. The Hall–Kier alpha value is -0.830. The van der Waals surface area contributed by atoms with Crippen LogP contribution in [-0.4, -0.2) is 38.0 Å². The Bertz CT molecular complexity index is 176. The lowest BCUT2D eigenvalue weighted by molar-refractivity contribution is -0.116. The van der Waals surface area contributed by atoms with Gasteiger partial charge in [-0.3, -0.25) is 4.79 Å². The van der Waals surface area contributed by atoms with E-state index in [4.69, 9.17) is 0 Å². The minimum atomic E-state index is 0.0166. The maximum atomic E-state index is 11.2. The van der Waals surface area contributed by atoms with Gasteiger partial charge < -0.3 is 10.2 Å². The quantitative estimate of drug-likeness (QED) is 0.495. The Balaban J connectivity index is 3.40. The molecular formula is C11H22N2O. The van der Waals surface area contributed by atoms with Crippen LogP contribution in [0.15, 0.2) is 12.2 Å². The van der Waals surface area contributed by atoms with Crippen LogP contribution in [-0.2, 0) is 4.79 Å². The summed E-state index contributed by atoms with van der Waals surface area (Å²) in [7, 11) is 3.98. The van der Waals surface area contributed by atoms with Crippen LogP contribution in [0.1, 0.15) is 26.2 Å². The zero-order valence-electron chi connectivity index (χ0n) is 9.55. The molecule has 1 N–H and O–H groups in total. The summed E-state index contributed by atoms with van der Waals surface area (Å²) in [5.41, 5.74) is 0. The molecule has 0 heterocycles. The smallest absolute Gasteiger partial charge is 0.243 e. The third-order valence-electron chi connectivity index (χ3n) is 1.85. The van der Waals surface area contributed by atoms with Crippen molar-refractivity contribution in [1.82, 2.24) is 10.2 Å². The molecule has 0 spiro atoms. The molecular weight excluding hydrogens is 176 g/mol. The second kappa shape index (κ2) is 8.75.